The molecule has 0 unspecified atom stereocenters. The monoisotopic (exact) mass is 454 g/mol. The smallest absolute Gasteiger partial charge is 0.314 e. The number of carbonyl (C=O) groups excluding carboxylic acids is 3. The third-order valence-electron chi connectivity index (χ3n) is 4.36. The van der Waals surface area contributed by atoms with Crippen LogP contribution in [0.15, 0.2) is 38.6 Å². The summed E-state index contributed by atoms with van der Waals surface area (Å²) in [5.41, 5.74) is 0.443. The zero-order valence-electron chi connectivity index (χ0n) is 13.2. The van der Waals surface area contributed by atoms with E-state index < -0.39 is 34.9 Å². The van der Waals surface area contributed by atoms with Gasteiger partial charge >= 0.3 is 10.8 Å². The van der Waals surface area contributed by atoms with E-state index in [-0.39, 0.29) is 4.87 Å². The highest BCUT2D eigenvalue weighted by Crippen LogP contribution is 2.51. The number of esters is 1. The van der Waals surface area contributed by atoms with Crippen LogP contribution in [0.25, 0.3) is 0 Å². The second-order valence-electron chi connectivity index (χ2n) is 5.76. The second kappa shape index (κ2) is 6.36. The average Bonchev–Trinajstić information content (AvgIpc) is 3.11. The van der Waals surface area contributed by atoms with E-state index in [1.807, 2.05) is 0 Å². The number of imide groups is 1. The molecule has 4 rings (SSSR count). The highest BCUT2D eigenvalue weighted by Gasteiger charge is 2.58. The number of anilines is 1. The van der Waals surface area contributed by atoms with E-state index in [9.17, 15) is 19.2 Å². The molecule has 2 aliphatic rings. The van der Waals surface area contributed by atoms with Crippen LogP contribution in [0.5, 0.6) is 0 Å². The van der Waals surface area contributed by atoms with Gasteiger partial charge in [0, 0.05) is 4.47 Å². The fraction of sp³-hybridized carbons (Fsp3) is 0.250. The van der Waals surface area contributed by atoms with Crippen molar-refractivity contribution >= 4 is 62.5 Å². The first kappa shape index (κ1) is 17.5. The van der Waals surface area contributed by atoms with Gasteiger partial charge in [0.15, 0.2) is 0 Å². The molecule has 1 aromatic heterocycles. The molecule has 26 heavy (non-hydrogen) atoms. The maximum absolute atomic E-state index is 13.1. The van der Waals surface area contributed by atoms with E-state index >= 15 is 0 Å². The molecule has 10 heteroatoms. The van der Waals surface area contributed by atoms with Gasteiger partial charge in [0.25, 0.3) is 0 Å². The number of halogens is 1. The molecule has 0 radical (unpaired) electrons. The van der Waals surface area contributed by atoms with E-state index in [0.29, 0.717) is 15.6 Å². The molecule has 3 atom stereocenters. The summed E-state index contributed by atoms with van der Waals surface area (Å²) >= 11 is 5.31. The lowest BCUT2D eigenvalue weighted by atomic mass is 9.89. The number of nitrogens with zero attached hydrogens (tertiary/aromatic N) is 1. The van der Waals surface area contributed by atoms with E-state index in [2.05, 4.69) is 20.9 Å². The molecule has 1 saturated heterocycles. The molecule has 0 saturated carbocycles. The largest absolute Gasteiger partial charge is 0.469 e. The Balaban J connectivity index is 1.81. The van der Waals surface area contributed by atoms with Gasteiger partial charge in [-0.15, -0.1) is 0 Å². The number of nitrogens with one attached hydrogen (secondary N) is 1. The molecule has 1 fully saturated rings. The number of benzene rings is 1. The Hall–Kier alpha value is -1.91. The molecular weight excluding hydrogens is 444 g/mol. The van der Waals surface area contributed by atoms with Gasteiger partial charge in [-0.1, -0.05) is 39.0 Å². The number of thioether (sulfide) groups is 1. The van der Waals surface area contributed by atoms with Crippen LogP contribution in [0.3, 0.4) is 0 Å². The number of amides is 2. The van der Waals surface area contributed by atoms with Crippen LogP contribution in [0.4, 0.5) is 5.69 Å². The van der Waals surface area contributed by atoms with Crippen LogP contribution >= 0.6 is 39.0 Å². The van der Waals surface area contributed by atoms with Crippen molar-refractivity contribution in [3.05, 3.63) is 43.3 Å². The van der Waals surface area contributed by atoms with Crippen molar-refractivity contribution in [1.82, 2.24) is 4.98 Å². The first-order valence-corrected chi connectivity index (χ1v) is 10.0. The Morgan fingerprint density at radius 1 is 1.19 bits per heavy atom. The number of carbonyl (C=O) groups is 3. The lowest BCUT2D eigenvalue weighted by Gasteiger charge is -2.27. The van der Waals surface area contributed by atoms with Crippen LogP contribution in [-0.4, -0.2) is 35.1 Å². The summed E-state index contributed by atoms with van der Waals surface area (Å²) in [6.07, 6.45) is 0. The van der Waals surface area contributed by atoms with Crippen molar-refractivity contribution < 1.29 is 19.1 Å². The van der Waals surface area contributed by atoms with Gasteiger partial charge in [0.2, 0.25) is 11.8 Å². The Morgan fingerprint density at radius 2 is 1.88 bits per heavy atom. The molecule has 0 aliphatic carbocycles. The molecular formula is C16H11BrN2O5S2. The normalized spacial score (nSPS) is 24.4. The lowest BCUT2D eigenvalue weighted by Crippen LogP contribution is -2.35. The number of aromatic nitrogens is 1. The van der Waals surface area contributed by atoms with E-state index in [1.54, 1.807) is 24.3 Å². The summed E-state index contributed by atoms with van der Waals surface area (Å²) in [5.74, 6) is -3.36. The summed E-state index contributed by atoms with van der Waals surface area (Å²) in [6, 6.07) is 6.79. The quantitative estimate of drug-likeness (QED) is 0.551. The number of rotatable bonds is 2. The fourth-order valence-electron chi connectivity index (χ4n) is 3.24. The highest BCUT2D eigenvalue weighted by atomic mass is 79.9. The first-order valence-electron chi connectivity index (χ1n) is 7.53. The molecule has 0 bridgehead atoms. The van der Waals surface area contributed by atoms with Crippen LogP contribution in [0, 0.1) is 5.92 Å². The Morgan fingerprint density at radius 3 is 2.54 bits per heavy atom. The second-order valence-corrected chi connectivity index (χ2v) is 8.84. The Labute approximate surface area is 163 Å². The van der Waals surface area contributed by atoms with Crippen molar-refractivity contribution in [3.63, 3.8) is 0 Å². The number of hydrogen-bond acceptors (Lipinski definition) is 7. The van der Waals surface area contributed by atoms with Crippen molar-refractivity contribution in [2.24, 2.45) is 5.92 Å². The van der Waals surface area contributed by atoms with Gasteiger partial charge in [-0.25, -0.2) is 4.90 Å². The minimum absolute atomic E-state index is 0.332. The molecule has 1 aromatic carbocycles. The predicted molar refractivity (Wildman–Crippen MR) is 99.5 cm³/mol. The third kappa shape index (κ3) is 2.55. The molecule has 1 N–H and O–H groups in total. The van der Waals surface area contributed by atoms with E-state index in [4.69, 9.17) is 4.74 Å². The van der Waals surface area contributed by atoms with E-state index in [1.165, 1.54) is 7.11 Å². The van der Waals surface area contributed by atoms with Crippen LogP contribution in [-0.2, 0) is 19.1 Å². The molecule has 2 aliphatic heterocycles. The van der Waals surface area contributed by atoms with Gasteiger partial charge in [-0.05, 0) is 24.3 Å². The Kier molecular flexibility index (Phi) is 4.28. The van der Waals surface area contributed by atoms with Crippen LogP contribution in [0.1, 0.15) is 10.8 Å². The van der Waals surface area contributed by atoms with Gasteiger partial charge in [-0.3, -0.25) is 19.2 Å². The summed E-state index contributed by atoms with van der Waals surface area (Å²) < 4.78 is 5.68. The summed E-state index contributed by atoms with van der Waals surface area (Å²) in [6.45, 7) is 0. The molecule has 134 valence electrons. The van der Waals surface area contributed by atoms with Crippen molar-refractivity contribution in [3.8, 4) is 0 Å². The maximum atomic E-state index is 13.1. The molecule has 0 spiro atoms. The standard InChI is InChI=1S/C16H11BrN2O5S2/c1-24-15(22)9-8-11(25-12-10(9)26-16(23)18-12)14(21)19(13(8)20)7-4-2-6(17)3-5-7/h2-5,8-9,11H,1H3,(H,18,23)/t8-,9-,11+/m0/s1. The van der Waals surface area contributed by atoms with Crippen LogP contribution < -0.4 is 9.77 Å². The predicted octanol–water partition coefficient (Wildman–Crippen LogP) is 2.12. The van der Waals surface area contributed by atoms with Gasteiger partial charge in [-0.2, -0.15) is 0 Å². The zero-order chi connectivity index (χ0) is 18.6. The maximum Gasteiger partial charge on any atom is 0.314 e. The Bertz CT molecular complexity index is 983. The topological polar surface area (TPSA) is 96.5 Å². The number of ether oxygens (including phenoxy) is 1. The number of H-pyrrole nitrogens is 1. The summed E-state index contributed by atoms with van der Waals surface area (Å²) in [4.78, 5) is 54.0. The number of aromatic amines is 1. The summed E-state index contributed by atoms with van der Waals surface area (Å²) in [5, 5.41) is -0.330. The number of thiazole rings is 1. The highest BCUT2D eigenvalue weighted by molar-refractivity contribution is 9.10. The molecule has 3 heterocycles. The van der Waals surface area contributed by atoms with E-state index in [0.717, 1.165) is 32.5 Å². The molecule has 7 nitrogen and oxygen atoms in total. The summed E-state index contributed by atoms with van der Waals surface area (Å²) in [7, 11) is 1.22. The van der Waals surface area contributed by atoms with Crippen molar-refractivity contribution in [2.45, 2.75) is 16.2 Å². The first-order chi connectivity index (χ1) is 12.4. The average molecular weight is 455 g/mol. The van der Waals surface area contributed by atoms with Gasteiger partial charge in [0.05, 0.1) is 28.6 Å². The van der Waals surface area contributed by atoms with Crippen molar-refractivity contribution in [1.29, 1.82) is 0 Å². The number of fused-ring (bicyclic) bond motifs is 2. The number of hydrogen-bond donors (Lipinski definition) is 1. The van der Waals surface area contributed by atoms with Crippen LogP contribution in [0.2, 0.25) is 0 Å². The van der Waals surface area contributed by atoms with Gasteiger partial charge in [0.1, 0.15) is 11.2 Å². The minimum atomic E-state index is -0.970. The fourth-order valence-corrected chi connectivity index (χ4v) is 5.98. The van der Waals surface area contributed by atoms with Crippen molar-refractivity contribution in [2.75, 3.05) is 12.0 Å². The third-order valence-corrected chi connectivity index (χ3v) is 7.29. The molecule has 2 amide bonds. The number of methoxy groups -OCH3 is 1. The minimum Gasteiger partial charge on any atom is -0.469 e. The van der Waals surface area contributed by atoms with Gasteiger partial charge < -0.3 is 9.72 Å². The lowest BCUT2D eigenvalue weighted by molar-refractivity contribution is -0.145. The zero-order valence-corrected chi connectivity index (χ0v) is 16.4. The SMILES string of the molecule is COC(=O)[C@@H]1c2sc(=O)[nH]c2S[C@H]2C(=O)N(c3ccc(Br)cc3)C(=O)[C@@H]12. The molecule has 2 aromatic rings.